The normalized spacial score (nSPS) is 27.3. The number of nitrogens with zero attached hydrogens (tertiary/aromatic N) is 2. The van der Waals surface area contributed by atoms with Gasteiger partial charge in [-0.1, -0.05) is 6.92 Å². The maximum atomic E-state index is 13.5. The summed E-state index contributed by atoms with van der Waals surface area (Å²) in [5.74, 6) is 0.518. The molecule has 1 aliphatic carbocycles. The first-order valence-corrected chi connectivity index (χ1v) is 10.6. The Morgan fingerprint density at radius 3 is 2.83 bits per heavy atom. The van der Waals surface area contributed by atoms with E-state index >= 15 is 0 Å². The molecule has 7 heteroatoms. The van der Waals surface area contributed by atoms with E-state index in [-0.39, 0.29) is 17.9 Å². The van der Waals surface area contributed by atoms with Gasteiger partial charge >= 0.3 is 0 Å². The van der Waals surface area contributed by atoms with Crippen LogP contribution in [-0.4, -0.2) is 53.1 Å². The van der Waals surface area contributed by atoms with Crippen LogP contribution in [0.25, 0.3) is 11.1 Å². The van der Waals surface area contributed by atoms with Crippen molar-refractivity contribution < 1.29 is 18.7 Å². The molecule has 1 saturated carbocycles. The number of methoxy groups -OCH3 is 1. The number of hydrogen-bond acceptors (Lipinski definition) is 4. The highest BCUT2D eigenvalue weighted by Gasteiger charge is 2.48. The molecule has 1 fully saturated rings. The van der Waals surface area contributed by atoms with Gasteiger partial charge in [0.1, 0.15) is 11.2 Å². The van der Waals surface area contributed by atoms with Crippen LogP contribution in [0, 0.1) is 5.92 Å². The van der Waals surface area contributed by atoms with Crippen LogP contribution in [0.15, 0.2) is 22.8 Å². The van der Waals surface area contributed by atoms with E-state index < -0.39 is 5.54 Å². The van der Waals surface area contributed by atoms with Crippen LogP contribution >= 0.6 is 0 Å². The van der Waals surface area contributed by atoms with Gasteiger partial charge in [0.25, 0.3) is 5.91 Å². The number of aromatic nitrogens is 1. The highest BCUT2D eigenvalue weighted by atomic mass is 16.5. The minimum atomic E-state index is -0.954. The molecule has 1 N–H and O–H groups in total. The second-order valence-electron chi connectivity index (χ2n) is 8.79. The molecule has 4 rings (SSSR count). The third-order valence-corrected chi connectivity index (χ3v) is 6.62. The minimum absolute atomic E-state index is 0.0705. The van der Waals surface area contributed by atoms with E-state index in [4.69, 9.17) is 9.15 Å². The standard InChI is InChI=1S/C22H31N3O4/c1-15-5-7-16(8-6-15)23-21(27)22(2)14-24-17-9-12-29-19(17)13-18(24)20(26)25(22)10-4-11-28-3/h9,12-13,15-16H,4-8,10-11,14H2,1-3H3,(H,23,27)/t15?,16?,22-/m0/s1. The third kappa shape index (κ3) is 3.56. The van der Waals surface area contributed by atoms with Crippen LogP contribution < -0.4 is 5.32 Å². The zero-order chi connectivity index (χ0) is 20.6. The summed E-state index contributed by atoms with van der Waals surface area (Å²) in [7, 11) is 1.65. The lowest BCUT2D eigenvalue weighted by Gasteiger charge is -2.45. The van der Waals surface area contributed by atoms with Crippen molar-refractivity contribution in [2.75, 3.05) is 20.3 Å². The molecule has 29 heavy (non-hydrogen) atoms. The van der Waals surface area contributed by atoms with Gasteiger partial charge in [-0.05, 0) is 44.9 Å². The molecular formula is C22H31N3O4. The van der Waals surface area contributed by atoms with E-state index in [0.29, 0.717) is 37.4 Å². The SMILES string of the molecule is COCCCN1C(=O)c2cc3occc3n2C[C@@]1(C)C(=O)NC1CCC(C)CC1. The Kier molecular flexibility index (Phi) is 5.42. The van der Waals surface area contributed by atoms with Gasteiger partial charge in [-0.15, -0.1) is 0 Å². The largest absolute Gasteiger partial charge is 0.463 e. The summed E-state index contributed by atoms with van der Waals surface area (Å²) in [4.78, 5) is 28.6. The second-order valence-corrected chi connectivity index (χ2v) is 8.79. The molecule has 0 spiro atoms. The predicted molar refractivity (Wildman–Crippen MR) is 110 cm³/mol. The molecule has 2 amide bonds. The van der Waals surface area contributed by atoms with Gasteiger partial charge in [-0.25, -0.2) is 0 Å². The number of carbonyl (C=O) groups excluding carboxylic acids is 2. The second kappa shape index (κ2) is 7.86. The lowest BCUT2D eigenvalue weighted by Crippen LogP contribution is -2.65. The van der Waals surface area contributed by atoms with Gasteiger partial charge < -0.3 is 23.9 Å². The molecule has 1 atom stereocenters. The van der Waals surface area contributed by atoms with Crippen LogP contribution in [0.1, 0.15) is 56.4 Å². The molecule has 1 aliphatic heterocycles. The molecule has 2 aromatic heterocycles. The van der Waals surface area contributed by atoms with E-state index in [0.717, 1.165) is 37.1 Å². The molecule has 2 aliphatic rings. The maximum absolute atomic E-state index is 13.5. The zero-order valence-electron chi connectivity index (χ0n) is 17.6. The summed E-state index contributed by atoms with van der Waals surface area (Å²) < 4.78 is 12.6. The van der Waals surface area contributed by atoms with Crippen LogP contribution in [-0.2, 0) is 16.1 Å². The summed E-state index contributed by atoms with van der Waals surface area (Å²) in [5.41, 5.74) is 1.16. The zero-order valence-corrected chi connectivity index (χ0v) is 17.6. The van der Waals surface area contributed by atoms with Crippen molar-refractivity contribution in [3.8, 4) is 0 Å². The van der Waals surface area contributed by atoms with Gasteiger partial charge in [0.05, 0.1) is 18.3 Å². The van der Waals surface area contributed by atoms with Gasteiger partial charge in [0, 0.05) is 38.4 Å². The molecular weight excluding hydrogens is 370 g/mol. The Bertz CT molecular complexity index is 893. The lowest BCUT2D eigenvalue weighted by atomic mass is 9.86. The fraction of sp³-hybridized carbons (Fsp3) is 0.636. The average molecular weight is 402 g/mol. The number of nitrogens with one attached hydrogen (secondary N) is 1. The first kappa shape index (κ1) is 20.0. The topological polar surface area (TPSA) is 76.7 Å². The molecule has 0 aromatic carbocycles. The van der Waals surface area contributed by atoms with Crippen LogP contribution in [0.4, 0.5) is 0 Å². The Morgan fingerprint density at radius 1 is 1.34 bits per heavy atom. The van der Waals surface area contributed by atoms with Crippen LogP contribution in [0.5, 0.6) is 0 Å². The predicted octanol–water partition coefficient (Wildman–Crippen LogP) is 3.18. The number of hydrogen-bond donors (Lipinski definition) is 1. The molecule has 2 aromatic rings. The number of fused-ring (bicyclic) bond motifs is 3. The summed E-state index contributed by atoms with van der Waals surface area (Å²) >= 11 is 0. The van der Waals surface area contributed by atoms with Gasteiger partial charge in [0.2, 0.25) is 5.91 Å². The summed E-state index contributed by atoms with van der Waals surface area (Å²) in [6.45, 7) is 5.59. The van der Waals surface area contributed by atoms with Gasteiger partial charge in [-0.3, -0.25) is 9.59 Å². The van der Waals surface area contributed by atoms with Crippen LogP contribution in [0.3, 0.4) is 0 Å². The fourth-order valence-electron chi connectivity index (χ4n) is 4.74. The Hall–Kier alpha value is -2.28. The molecule has 3 heterocycles. The van der Waals surface area contributed by atoms with Crippen LogP contribution in [0.2, 0.25) is 0 Å². The summed E-state index contributed by atoms with van der Waals surface area (Å²) in [6, 6.07) is 3.82. The highest BCUT2D eigenvalue weighted by Crippen LogP contribution is 2.33. The number of amides is 2. The molecule has 0 saturated heterocycles. The van der Waals surface area contributed by atoms with E-state index in [2.05, 4.69) is 12.2 Å². The minimum Gasteiger partial charge on any atom is -0.463 e. The van der Waals surface area contributed by atoms with E-state index in [1.54, 1.807) is 24.3 Å². The summed E-state index contributed by atoms with van der Waals surface area (Å²) in [5, 5.41) is 3.25. The first-order chi connectivity index (χ1) is 13.9. The summed E-state index contributed by atoms with van der Waals surface area (Å²) in [6.07, 6.45) is 6.57. The molecule has 0 radical (unpaired) electrons. The molecule has 7 nitrogen and oxygen atoms in total. The highest BCUT2D eigenvalue weighted by molar-refractivity contribution is 6.02. The van der Waals surface area contributed by atoms with Crippen molar-refractivity contribution in [3.63, 3.8) is 0 Å². The van der Waals surface area contributed by atoms with E-state index in [1.165, 1.54) is 0 Å². The average Bonchev–Trinajstić information content (AvgIpc) is 3.29. The van der Waals surface area contributed by atoms with Crippen molar-refractivity contribution in [3.05, 3.63) is 24.1 Å². The Morgan fingerprint density at radius 2 is 2.10 bits per heavy atom. The molecule has 0 unspecified atom stereocenters. The maximum Gasteiger partial charge on any atom is 0.271 e. The number of ether oxygens (including phenoxy) is 1. The van der Waals surface area contributed by atoms with Crippen molar-refractivity contribution in [2.24, 2.45) is 5.92 Å². The monoisotopic (exact) mass is 401 g/mol. The Balaban J connectivity index is 1.62. The number of furan rings is 1. The van der Waals surface area contributed by atoms with Gasteiger partial charge in [-0.2, -0.15) is 0 Å². The van der Waals surface area contributed by atoms with Crippen molar-refractivity contribution in [2.45, 2.75) is 64.1 Å². The van der Waals surface area contributed by atoms with Gasteiger partial charge in [0.15, 0.2) is 5.58 Å². The Labute approximate surface area is 171 Å². The number of rotatable bonds is 6. The lowest BCUT2D eigenvalue weighted by molar-refractivity contribution is -0.134. The van der Waals surface area contributed by atoms with Crippen molar-refractivity contribution in [1.82, 2.24) is 14.8 Å². The smallest absolute Gasteiger partial charge is 0.271 e. The van der Waals surface area contributed by atoms with Crippen molar-refractivity contribution in [1.29, 1.82) is 0 Å². The molecule has 0 bridgehead atoms. The first-order valence-electron chi connectivity index (χ1n) is 10.6. The van der Waals surface area contributed by atoms with E-state index in [1.807, 2.05) is 17.6 Å². The van der Waals surface area contributed by atoms with E-state index in [9.17, 15) is 9.59 Å². The third-order valence-electron chi connectivity index (χ3n) is 6.62. The number of carbonyl (C=O) groups is 2. The quantitative estimate of drug-likeness (QED) is 0.754. The molecule has 158 valence electrons. The van der Waals surface area contributed by atoms with Crippen molar-refractivity contribution >= 4 is 22.9 Å². The fourth-order valence-corrected chi connectivity index (χ4v) is 4.74.